The summed E-state index contributed by atoms with van der Waals surface area (Å²) < 4.78 is 5.51. The number of hydrogen-bond donors (Lipinski definition) is 1. The second-order valence-corrected chi connectivity index (χ2v) is 5.95. The smallest absolute Gasteiger partial charge is 0.0645 e. The van der Waals surface area contributed by atoms with Gasteiger partial charge in [0.15, 0.2) is 0 Å². The maximum atomic E-state index is 5.51. The van der Waals surface area contributed by atoms with Gasteiger partial charge in [-0.3, -0.25) is 0 Å². The maximum absolute atomic E-state index is 5.51. The molecule has 1 rings (SSSR count). The molecule has 0 aliphatic carbocycles. The van der Waals surface area contributed by atoms with E-state index in [2.05, 4.69) is 33.0 Å². The lowest BCUT2D eigenvalue weighted by atomic mass is 9.90. The van der Waals surface area contributed by atoms with E-state index in [9.17, 15) is 0 Å². The van der Waals surface area contributed by atoms with Crippen LogP contribution in [0, 0.1) is 5.41 Å². The molecule has 0 radical (unpaired) electrons. The van der Waals surface area contributed by atoms with Gasteiger partial charge in [0.05, 0.1) is 6.61 Å². The van der Waals surface area contributed by atoms with Crippen LogP contribution < -0.4 is 5.32 Å². The van der Waals surface area contributed by atoms with Gasteiger partial charge in [0.2, 0.25) is 0 Å². The molecule has 0 saturated carbocycles. The summed E-state index contributed by atoms with van der Waals surface area (Å²) in [7, 11) is 0. The fourth-order valence-corrected chi connectivity index (χ4v) is 1.81. The summed E-state index contributed by atoms with van der Waals surface area (Å²) in [6, 6.07) is 0. The van der Waals surface area contributed by atoms with Crippen molar-refractivity contribution in [3.63, 3.8) is 0 Å². The van der Waals surface area contributed by atoms with Crippen LogP contribution in [-0.4, -0.2) is 25.3 Å². The van der Waals surface area contributed by atoms with Gasteiger partial charge in [-0.15, -0.1) is 0 Å². The Balaban J connectivity index is 2.22. The zero-order chi connectivity index (χ0) is 10.7. The molecule has 1 fully saturated rings. The first-order valence-electron chi connectivity index (χ1n) is 5.74. The minimum atomic E-state index is 0.226. The molecule has 1 atom stereocenters. The summed E-state index contributed by atoms with van der Waals surface area (Å²) in [6.45, 7) is 12.0. The number of nitrogens with one attached hydrogen (secondary N) is 1. The van der Waals surface area contributed by atoms with Gasteiger partial charge in [0.25, 0.3) is 0 Å². The first kappa shape index (κ1) is 12.0. The van der Waals surface area contributed by atoms with Gasteiger partial charge in [-0.05, 0) is 38.1 Å². The molecule has 1 aliphatic heterocycles. The predicted octanol–water partition coefficient (Wildman–Crippen LogP) is 2.58. The first-order chi connectivity index (χ1) is 6.41. The molecule has 0 bridgehead atoms. The third-order valence-corrected chi connectivity index (χ3v) is 2.86. The standard InChI is InChI=1S/C12H25NO/c1-11(2,3)7-8-13-12(4)6-5-9-14-10-12/h13H,5-10H2,1-4H3. The van der Waals surface area contributed by atoms with Gasteiger partial charge in [0, 0.05) is 12.1 Å². The van der Waals surface area contributed by atoms with E-state index in [4.69, 9.17) is 4.74 Å². The molecule has 84 valence electrons. The van der Waals surface area contributed by atoms with Crippen LogP contribution in [0.2, 0.25) is 0 Å². The van der Waals surface area contributed by atoms with E-state index in [1.807, 2.05) is 0 Å². The highest BCUT2D eigenvalue weighted by molar-refractivity contribution is 4.85. The van der Waals surface area contributed by atoms with Crippen LogP contribution in [0.1, 0.15) is 47.0 Å². The van der Waals surface area contributed by atoms with Crippen molar-refractivity contribution in [2.24, 2.45) is 5.41 Å². The van der Waals surface area contributed by atoms with Crippen molar-refractivity contribution in [3.8, 4) is 0 Å². The lowest BCUT2D eigenvalue weighted by molar-refractivity contribution is 0.0276. The highest BCUT2D eigenvalue weighted by atomic mass is 16.5. The molecule has 14 heavy (non-hydrogen) atoms. The van der Waals surface area contributed by atoms with Crippen molar-refractivity contribution in [2.75, 3.05) is 19.8 Å². The molecule has 1 aliphatic rings. The molecule has 2 nitrogen and oxygen atoms in total. The number of hydrogen-bond acceptors (Lipinski definition) is 2. The van der Waals surface area contributed by atoms with Crippen LogP contribution >= 0.6 is 0 Å². The highest BCUT2D eigenvalue weighted by Crippen LogP contribution is 2.21. The van der Waals surface area contributed by atoms with Gasteiger partial charge in [-0.25, -0.2) is 0 Å². The summed E-state index contributed by atoms with van der Waals surface area (Å²) >= 11 is 0. The van der Waals surface area contributed by atoms with Gasteiger partial charge in [0.1, 0.15) is 0 Å². The average molecular weight is 199 g/mol. The van der Waals surface area contributed by atoms with E-state index in [1.165, 1.54) is 19.3 Å². The lowest BCUT2D eigenvalue weighted by Gasteiger charge is -2.35. The Morgan fingerprint density at radius 1 is 1.36 bits per heavy atom. The Bertz CT molecular complexity index is 166. The predicted molar refractivity (Wildman–Crippen MR) is 60.5 cm³/mol. The Kier molecular flexibility index (Phi) is 3.96. The summed E-state index contributed by atoms with van der Waals surface area (Å²) in [6.07, 6.45) is 3.67. The number of rotatable bonds is 3. The van der Waals surface area contributed by atoms with Crippen molar-refractivity contribution in [1.82, 2.24) is 5.32 Å². The second-order valence-electron chi connectivity index (χ2n) is 5.95. The van der Waals surface area contributed by atoms with E-state index >= 15 is 0 Å². The topological polar surface area (TPSA) is 21.3 Å². The lowest BCUT2D eigenvalue weighted by Crippen LogP contribution is -2.49. The Morgan fingerprint density at radius 2 is 2.07 bits per heavy atom. The van der Waals surface area contributed by atoms with E-state index in [0.29, 0.717) is 5.41 Å². The SMILES string of the molecule is CC(C)(C)CCNC1(C)CCCOC1. The van der Waals surface area contributed by atoms with Crippen molar-refractivity contribution >= 4 is 0 Å². The monoisotopic (exact) mass is 199 g/mol. The van der Waals surface area contributed by atoms with E-state index in [1.54, 1.807) is 0 Å². The fourth-order valence-electron chi connectivity index (χ4n) is 1.81. The molecular weight excluding hydrogens is 174 g/mol. The quantitative estimate of drug-likeness (QED) is 0.754. The third-order valence-electron chi connectivity index (χ3n) is 2.86. The Hall–Kier alpha value is -0.0800. The van der Waals surface area contributed by atoms with E-state index in [0.717, 1.165) is 19.8 Å². The Morgan fingerprint density at radius 3 is 2.57 bits per heavy atom. The van der Waals surface area contributed by atoms with Crippen LogP contribution in [0.25, 0.3) is 0 Å². The van der Waals surface area contributed by atoms with Gasteiger partial charge in [-0.2, -0.15) is 0 Å². The van der Waals surface area contributed by atoms with E-state index in [-0.39, 0.29) is 5.54 Å². The molecule has 1 heterocycles. The molecule has 1 N–H and O–H groups in total. The summed E-state index contributed by atoms with van der Waals surface area (Å²) in [5.41, 5.74) is 0.655. The summed E-state index contributed by atoms with van der Waals surface area (Å²) in [5, 5.41) is 3.63. The molecule has 0 amide bonds. The molecule has 0 aromatic heterocycles. The fraction of sp³-hybridized carbons (Fsp3) is 1.00. The normalized spacial score (nSPS) is 29.1. The zero-order valence-electron chi connectivity index (χ0n) is 10.2. The maximum Gasteiger partial charge on any atom is 0.0645 e. The highest BCUT2D eigenvalue weighted by Gasteiger charge is 2.26. The minimum Gasteiger partial charge on any atom is -0.380 e. The van der Waals surface area contributed by atoms with Gasteiger partial charge in [-0.1, -0.05) is 20.8 Å². The molecule has 1 saturated heterocycles. The van der Waals surface area contributed by atoms with Crippen LogP contribution in [-0.2, 0) is 4.74 Å². The Labute approximate surface area is 88.4 Å². The summed E-state index contributed by atoms with van der Waals surface area (Å²) in [4.78, 5) is 0. The van der Waals surface area contributed by atoms with E-state index < -0.39 is 0 Å². The molecular formula is C12H25NO. The zero-order valence-corrected chi connectivity index (χ0v) is 10.2. The largest absolute Gasteiger partial charge is 0.380 e. The average Bonchev–Trinajstić information content (AvgIpc) is 2.02. The second kappa shape index (κ2) is 4.63. The molecule has 2 heteroatoms. The van der Waals surface area contributed by atoms with Gasteiger partial charge >= 0.3 is 0 Å². The minimum absolute atomic E-state index is 0.226. The molecule has 1 unspecified atom stereocenters. The van der Waals surface area contributed by atoms with Crippen molar-refractivity contribution < 1.29 is 4.74 Å². The first-order valence-corrected chi connectivity index (χ1v) is 5.74. The van der Waals surface area contributed by atoms with Crippen molar-refractivity contribution in [2.45, 2.75) is 52.5 Å². The van der Waals surface area contributed by atoms with Crippen LogP contribution in [0.3, 0.4) is 0 Å². The molecule has 0 aromatic rings. The summed E-state index contributed by atoms with van der Waals surface area (Å²) in [5.74, 6) is 0. The number of ether oxygens (including phenoxy) is 1. The molecule has 0 spiro atoms. The van der Waals surface area contributed by atoms with Gasteiger partial charge < -0.3 is 10.1 Å². The van der Waals surface area contributed by atoms with Crippen molar-refractivity contribution in [3.05, 3.63) is 0 Å². The van der Waals surface area contributed by atoms with Crippen LogP contribution in [0.5, 0.6) is 0 Å². The van der Waals surface area contributed by atoms with Crippen LogP contribution in [0.4, 0.5) is 0 Å². The van der Waals surface area contributed by atoms with Crippen LogP contribution in [0.15, 0.2) is 0 Å². The van der Waals surface area contributed by atoms with Crippen molar-refractivity contribution in [1.29, 1.82) is 0 Å². The third kappa shape index (κ3) is 4.43. The molecule has 0 aromatic carbocycles.